The fourth-order valence-electron chi connectivity index (χ4n) is 1.23. The average molecular weight is 266 g/mol. The van der Waals surface area contributed by atoms with Gasteiger partial charge in [-0.15, -0.1) is 5.11 Å². The molecule has 2 rings (SSSR count). The molecular weight excluding hydrogens is 257 g/mol. The summed E-state index contributed by atoms with van der Waals surface area (Å²) in [7, 11) is 0. The average Bonchev–Trinajstić information content (AvgIpc) is 2.33. The maximum absolute atomic E-state index is 5.98. The van der Waals surface area contributed by atoms with Gasteiger partial charge < -0.3 is 5.73 Å². The molecule has 0 fully saturated rings. The minimum absolute atomic E-state index is 0.413. The lowest BCUT2D eigenvalue weighted by Crippen LogP contribution is -1.85. The van der Waals surface area contributed by atoms with Gasteiger partial charge in [0.1, 0.15) is 5.69 Å². The third kappa shape index (κ3) is 2.96. The fraction of sp³-hybridized carbons (Fsp3) is 0. The van der Waals surface area contributed by atoms with Crippen LogP contribution in [0.5, 0.6) is 0 Å². The van der Waals surface area contributed by atoms with Crippen LogP contribution in [0, 0.1) is 0 Å². The lowest BCUT2D eigenvalue weighted by molar-refractivity contribution is 1.23. The molecule has 0 bridgehead atoms. The summed E-state index contributed by atoms with van der Waals surface area (Å²) in [6, 6.07) is 12.5. The van der Waals surface area contributed by atoms with Crippen LogP contribution >= 0.6 is 23.2 Å². The Labute approximate surface area is 109 Å². The molecule has 0 saturated heterocycles. The SMILES string of the molecule is Nc1cc(Cl)c(N=Nc2ccccc2)cc1Cl. The molecule has 0 aromatic heterocycles. The lowest BCUT2D eigenvalue weighted by Gasteiger charge is -2.01. The number of hydrogen-bond acceptors (Lipinski definition) is 3. The predicted molar refractivity (Wildman–Crippen MR) is 71.5 cm³/mol. The zero-order valence-corrected chi connectivity index (χ0v) is 10.3. The van der Waals surface area contributed by atoms with Gasteiger partial charge in [0, 0.05) is 0 Å². The molecule has 0 aliphatic carbocycles. The largest absolute Gasteiger partial charge is 0.397 e. The summed E-state index contributed by atoms with van der Waals surface area (Å²) in [6.07, 6.45) is 0. The number of azo groups is 1. The number of nitrogens with zero attached hydrogens (tertiary/aromatic N) is 2. The van der Waals surface area contributed by atoms with Crippen molar-refractivity contribution in [1.29, 1.82) is 0 Å². The van der Waals surface area contributed by atoms with Crippen LogP contribution in [0.15, 0.2) is 52.7 Å². The number of benzene rings is 2. The highest BCUT2D eigenvalue weighted by Crippen LogP contribution is 2.33. The smallest absolute Gasteiger partial charge is 0.106 e. The maximum Gasteiger partial charge on any atom is 0.106 e. The second-order valence-electron chi connectivity index (χ2n) is 3.36. The third-order valence-electron chi connectivity index (χ3n) is 2.10. The molecule has 2 aromatic carbocycles. The first-order chi connectivity index (χ1) is 8.16. The number of nitrogen functional groups attached to an aromatic ring is 1. The first kappa shape index (κ1) is 11.9. The summed E-state index contributed by atoms with van der Waals surface area (Å²) in [6.45, 7) is 0. The van der Waals surface area contributed by atoms with Crippen LogP contribution in [0.4, 0.5) is 17.1 Å². The molecule has 0 aliphatic heterocycles. The van der Waals surface area contributed by atoms with Crippen LogP contribution in [-0.4, -0.2) is 0 Å². The lowest BCUT2D eigenvalue weighted by atomic mass is 10.3. The van der Waals surface area contributed by atoms with Crippen LogP contribution in [-0.2, 0) is 0 Å². The van der Waals surface area contributed by atoms with Crippen molar-refractivity contribution in [1.82, 2.24) is 0 Å². The van der Waals surface area contributed by atoms with Gasteiger partial charge in [-0.1, -0.05) is 41.4 Å². The maximum atomic E-state index is 5.98. The van der Waals surface area contributed by atoms with Gasteiger partial charge in [0.25, 0.3) is 0 Å². The van der Waals surface area contributed by atoms with Crippen molar-refractivity contribution in [3.8, 4) is 0 Å². The Hall–Kier alpha value is -1.58. The molecule has 0 unspecified atom stereocenters. The van der Waals surface area contributed by atoms with E-state index in [1.54, 1.807) is 12.1 Å². The molecule has 5 heteroatoms. The summed E-state index contributed by atoms with van der Waals surface area (Å²) in [5.74, 6) is 0. The molecule has 86 valence electrons. The third-order valence-corrected chi connectivity index (χ3v) is 2.73. The van der Waals surface area contributed by atoms with Crippen LogP contribution in [0.3, 0.4) is 0 Å². The van der Waals surface area contributed by atoms with Crippen molar-refractivity contribution in [3.05, 3.63) is 52.5 Å². The van der Waals surface area contributed by atoms with Crippen molar-refractivity contribution >= 4 is 40.3 Å². The van der Waals surface area contributed by atoms with Gasteiger partial charge in [-0.2, -0.15) is 5.11 Å². The molecule has 2 aromatic rings. The van der Waals surface area contributed by atoms with E-state index < -0.39 is 0 Å². The zero-order chi connectivity index (χ0) is 12.3. The highest BCUT2D eigenvalue weighted by Gasteiger charge is 2.04. The molecule has 0 spiro atoms. The Morgan fingerprint density at radius 2 is 1.59 bits per heavy atom. The summed E-state index contributed by atoms with van der Waals surface area (Å²) >= 11 is 11.9. The Morgan fingerprint density at radius 3 is 2.29 bits per heavy atom. The highest BCUT2D eigenvalue weighted by molar-refractivity contribution is 6.36. The molecule has 2 N–H and O–H groups in total. The number of anilines is 1. The van der Waals surface area contributed by atoms with Crippen LogP contribution < -0.4 is 5.73 Å². The van der Waals surface area contributed by atoms with E-state index in [1.165, 1.54) is 0 Å². The van der Waals surface area contributed by atoms with Gasteiger partial charge in [0.05, 0.1) is 21.4 Å². The molecule has 0 radical (unpaired) electrons. The standard InChI is InChI=1S/C12H9Cl2N3/c13-9-7-12(10(14)6-11(9)15)17-16-8-4-2-1-3-5-8/h1-7H,15H2. The van der Waals surface area contributed by atoms with Crippen molar-refractivity contribution in [2.24, 2.45) is 10.2 Å². The van der Waals surface area contributed by atoms with Gasteiger partial charge in [-0.3, -0.25) is 0 Å². The zero-order valence-electron chi connectivity index (χ0n) is 8.77. The minimum atomic E-state index is 0.413. The van der Waals surface area contributed by atoms with E-state index in [2.05, 4.69) is 10.2 Å². The van der Waals surface area contributed by atoms with E-state index in [0.29, 0.717) is 21.4 Å². The quantitative estimate of drug-likeness (QED) is 0.604. The monoisotopic (exact) mass is 265 g/mol. The Balaban J connectivity index is 2.31. The Bertz CT molecular complexity index is 553. The summed E-state index contributed by atoms with van der Waals surface area (Å²) in [5.41, 5.74) is 7.28. The number of rotatable bonds is 2. The van der Waals surface area contributed by atoms with Crippen LogP contribution in [0.2, 0.25) is 10.0 Å². The molecule has 17 heavy (non-hydrogen) atoms. The first-order valence-electron chi connectivity index (χ1n) is 4.88. The van der Waals surface area contributed by atoms with Gasteiger partial charge in [-0.25, -0.2) is 0 Å². The van der Waals surface area contributed by atoms with E-state index in [-0.39, 0.29) is 0 Å². The number of halogens is 2. The van der Waals surface area contributed by atoms with Crippen LogP contribution in [0.25, 0.3) is 0 Å². The topological polar surface area (TPSA) is 50.7 Å². The molecular formula is C12H9Cl2N3. The van der Waals surface area contributed by atoms with Gasteiger partial charge in [0.15, 0.2) is 0 Å². The highest BCUT2D eigenvalue weighted by atomic mass is 35.5. The minimum Gasteiger partial charge on any atom is -0.397 e. The van der Waals surface area contributed by atoms with Crippen molar-refractivity contribution < 1.29 is 0 Å². The van der Waals surface area contributed by atoms with E-state index in [4.69, 9.17) is 28.9 Å². The van der Waals surface area contributed by atoms with E-state index >= 15 is 0 Å². The van der Waals surface area contributed by atoms with E-state index in [9.17, 15) is 0 Å². The van der Waals surface area contributed by atoms with E-state index in [1.807, 2.05) is 30.3 Å². The van der Waals surface area contributed by atoms with Gasteiger partial charge >= 0.3 is 0 Å². The van der Waals surface area contributed by atoms with Crippen LogP contribution in [0.1, 0.15) is 0 Å². The molecule has 0 atom stereocenters. The fourth-order valence-corrected chi connectivity index (χ4v) is 1.60. The first-order valence-corrected chi connectivity index (χ1v) is 5.64. The van der Waals surface area contributed by atoms with Crippen molar-refractivity contribution in [2.75, 3.05) is 5.73 Å². The summed E-state index contributed by atoms with van der Waals surface area (Å²) in [5, 5.41) is 8.92. The summed E-state index contributed by atoms with van der Waals surface area (Å²) in [4.78, 5) is 0. The van der Waals surface area contributed by atoms with Crippen molar-refractivity contribution in [3.63, 3.8) is 0 Å². The molecule has 0 amide bonds. The molecule has 3 nitrogen and oxygen atoms in total. The van der Waals surface area contributed by atoms with Gasteiger partial charge in [-0.05, 0) is 24.3 Å². The number of nitrogens with two attached hydrogens (primary N) is 1. The molecule has 0 aliphatic rings. The summed E-state index contributed by atoms with van der Waals surface area (Å²) < 4.78 is 0. The van der Waals surface area contributed by atoms with Crippen molar-refractivity contribution in [2.45, 2.75) is 0 Å². The predicted octanol–water partition coefficient (Wildman–Crippen LogP) is 4.99. The Morgan fingerprint density at radius 1 is 0.882 bits per heavy atom. The van der Waals surface area contributed by atoms with Gasteiger partial charge in [0.2, 0.25) is 0 Å². The normalized spacial score (nSPS) is 10.9. The molecule has 0 saturated carbocycles. The second kappa shape index (κ2) is 5.17. The number of hydrogen-bond donors (Lipinski definition) is 1. The van der Waals surface area contributed by atoms with E-state index in [0.717, 1.165) is 5.69 Å². The molecule has 0 heterocycles. The Kier molecular flexibility index (Phi) is 3.61. The second-order valence-corrected chi connectivity index (χ2v) is 4.18.